The summed E-state index contributed by atoms with van der Waals surface area (Å²) in [6, 6.07) is 9.54. The number of amides is 1. The van der Waals surface area contributed by atoms with Gasteiger partial charge in [0.2, 0.25) is 5.91 Å². The molecule has 0 saturated heterocycles. The van der Waals surface area contributed by atoms with Gasteiger partial charge in [0.1, 0.15) is 11.6 Å². The van der Waals surface area contributed by atoms with E-state index in [9.17, 15) is 4.79 Å². The van der Waals surface area contributed by atoms with Crippen LogP contribution < -0.4 is 10.1 Å². The monoisotopic (exact) mass is 350 g/mol. The summed E-state index contributed by atoms with van der Waals surface area (Å²) in [5.74, 6) is 1.25. The van der Waals surface area contributed by atoms with E-state index in [0.29, 0.717) is 18.1 Å². The molecular weight excluding hydrogens is 328 g/mol. The van der Waals surface area contributed by atoms with Gasteiger partial charge in [-0.05, 0) is 44.0 Å². The van der Waals surface area contributed by atoms with Gasteiger partial charge in [-0.1, -0.05) is 25.1 Å². The number of para-hydroxylation sites is 1. The molecule has 1 amide bonds. The van der Waals surface area contributed by atoms with Crippen LogP contribution in [-0.2, 0) is 4.79 Å². The van der Waals surface area contributed by atoms with Crippen LogP contribution in [0.5, 0.6) is 5.75 Å². The van der Waals surface area contributed by atoms with Crippen molar-refractivity contribution < 1.29 is 9.53 Å². The number of aryl methyl sites for hydroxylation is 2. The number of anilines is 1. The number of nitrogens with zero attached hydrogens (tertiary/aromatic N) is 3. The van der Waals surface area contributed by atoms with Gasteiger partial charge in [0.25, 0.3) is 0 Å². The van der Waals surface area contributed by atoms with Crippen LogP contribution in [0.15, 0.2) is 42.6 Å². The van der Waals surface area contributed by atoms with Crippen molar-refractivity contribution in [1.82, 2.24) is 14.6 Å². The van der Waals surface area contributed by atoms with Crippen LogP contribution in [0.4, 0.5) is 5.69 Å². The predicted molar refractivity (Wildman–Crippen MR) is 102 cm³/mol. The topological polar surface area (TPSA) is 68.5 Å². The molecule has 0 fully saturated rings. The Morgan fingerprint density at radius 2 is 2.12 bits per heavy atom. The number of hydrogen-bond donors (Lipinski definition) is 1. The van der Waals surface area contributed by atoms with Gasteiger partial charge in [-0.3, -0.25) is 4.79 Å². The Morgan fingerprint density at radius 3 is 2.92 bits per heavy atom. The van der Waals surface area contributed by atoms with Gasteiger partial charge in [-0.25, -0.2) is 9.50 Å². The van der Waals surface area contributed by atoms with E-state index in [0.717, 1.165) is 28.9 Å². The summed E-state index contributed by atoms with van der Waals surface area (Å²) in [6.45, 7) is 6.48. The normalized spacial score (nSPS) is 11.2. The average Bonchev–Trinajstić information content (AvgIpc) is 2.99. The largest absolute Gasteiger partial charge is 0.493 e. The van der Waals surface area contributed by atoms with Crippen LogP contribution in [0.25, 0.3) is 11.7 Å². The maximum atomic E-state index is 12.3. The fourth-order valence-corrected chi connectivity index (χ4v) is 2.64. The second kappa shape index (κ2) is 7.82. The second-order valence-corrected chi connectivity index (χ2v) is 6.05. The highest BCUT2D eigenvalue weighted by atomic mass is 16.5. The van der Waals surface area contributed by atoms with Gasteiger partial charge in [-0.15, -0.1) is 0 Å². The van der Waals surface area contributed by atoms with E-state index in [-0.39, 0.29) is 5.91 Å². The van der Waals surface area contributed by atoms with Crippen LogP contribution in [0, 0.1) is 13.8 Å². The first-order valence-electron chi connectivity index (χ1n) is 8.61. The van der Waals surface area contributed by atoms with E-state index < -0.39 is 0 Å². The molecule has 0 radical (unpaired) electrons. The number of carbonyl (C=O) groups excluding carboxylic acids is 1. The lowest BCUT2D eigenvalue weighted by molar-refractivity contribution is -0.111. The lowest BCUT2D eigenvalue weighted by atomic mass is 10.2. The number of aromatic nitrogens is 3. The highest BCUT2D eigenvalue weighted by Gasteiger charge is 2.07. The molecule has 0 unspecified atom stereocenters. The zero-order valence-electron chi connectivity index (χ0n) is 15.2. The SMILES string of the molecule is CCCOc1ccccc1/C=C/C(=O)Nc1cc(C)c2nc(C)nn2c1. The van der Waals surface area contributed by atoms with Gasteiger partial charge < -0.3 is 10.1 Å². The molecule has 3 rings (SSSR count). The lowest BCUT2D eigenvalue weighted by Crippen LogP contribution is -2.09. The van der Waals surface area contributed by atoms with Gasteiger partial charge in [-0.2, -0.15) is 5.10 Å². The quantitative estimate of drug-likeness (QED) is 0.687. The van der Waals surface area contributed by atoms with Gasteiger partial charge in [0, 0.05) is 11.6 Å². The number of hydrogen-bond acceptors (Lipinski definition) is 4. The van der Waals surface area contributed by atoms with Gasteiger partial charge >= 0.3 is 0 Å². The average molecular weight is 350 g/mol. The molecule has 0 bridgehead atoms. The number of rotatable bonds is 6. The zero-order valence-corrected chi connectivity index (χ0v) is 15.2. The lowest BCUT2D eigenvalue weighted by Gasteiger charge is -2.08. The summed E-state index contributed by atoms with van der Waals surface area (Å²) in [5.41, 5.74) is 3.28. The first-order chi connectivity index (χ1) is 12.6. The molecule has 0 atom stereocenters. The molecule has 0 aliphatic rings. The number of fused-ring (bicyclic) bond motifs is 1. The van der Waals surface area contributed by atoms with Crippen molar-refractivity contribution in [2.75, 3.05) is 11.9 Å². The molecule has 1 aromatic carbocycles. The number of ether oxygens (including phenoxy) is 1. The number of pyridine rings is 1. The Kier molecular flexibility index (Phi) is 5.31. The van der Waals surface area contributed by atoms with E-state index >= 15 is 0 Å². The molecular formula is C20H22N4O2. The summed E-state index contributed by atoms with van der Waals surface area (Å²) in [7, 11) is 0. The van der Waals surface area contributed by atoms with Crippen LogP contribution in [-0.4, -0.2) is 27.1 Å². The molecule has 0 saturated carbocycles. The summed E-state index contributed by atoms with van der Waals surface area (Å²) in [6.07, 6.45) is 5.94. The molecule has 1 N–H and O–H groups in total. The predicted octanol–water partition coefficient (Wildman–Crippen LogP) is 3.79. The fourth-order valence-electron chi connectivity index (χ4n) is 2.64. The van der Waals surface area contributed by atoms with Crippen molar-refractivity contribution in [3.63, 3.8) is 0 Å². The first kappa shape index (κ1) is 17.7. The summed E-state index contributed by atoms with van der Waals surface area (Å²) in [5, 5.41) is 7.16. The minimum Gasteiger partial charge on any atom is -0.493 e. The smallest absolute Gasteiger partial charge is 0.248 e. The molecule has 3 aromatic rings. The minimum absolute atomic E-state index is 0.217. The van der Waals surface area contributed by atoms with Crippen molar-refractivity contribution in [2.24, 2.45) is 0 Å². The molecule has 0 aliphatic heterocycles. The summed E-state index contributed by atoms with van der Waals surface area (Å²) >= 11 is 0. The number of nitrogens with one attached hydrogen (secondary N) is 1. The first-order valence-corrected chi connectivity index (χ1v) is 8.61. The van der Waals surface area contributed by atoms with E-state index in [1.54, 1.807) is 16.8 Å². The number of benzene rings is 1. The van der Waals surface area contributed by atoms with Gasteiger partial charge in [0.15, 0.2) is 5.65 Å². The third-order valence-electron chi connectivity index (χ3n) is 3.79. The summed E-state index contributed by atoms with van der Waals surface area (Å²) < 4.78 is 7.38. The maximum absolute atomic E-state index is 12.3. The Bertz CT molecular complexity index is 960. The van der Waals surface area contributed by atoms with Crippen molar-refractivity contribution in [3.8, 4) is 5.75 Å². The van der Waals surface area contributed by atoms with E-state index in [4.69, 9.17) is 4.74 Å². The molecule has 6 heteroatoms. The van der Waals surface area contributed by atoms with Crippen molar-refractivity contribution in [3.05, 3.63) is 59.6 Å². The Hall–Kier alpha value is -3.15. The van der Waals surface area contributed by atoms with Crippen LogP contribution in [0.3, 0.4) is 0 Å². The molecule has 0 spiro atoms. The zero-order chi connectivity index (χ0) is 18.5. The number of carbonyl (C=O) groups is 1. The molecule has 0 aliphatic carbocycles. The van der Waals surface area contributed by atoms with Crippen molar-refractivity contribution in [1.29, 1.82) is 0 Å². The Labute approximate surface area is 152 Å². The Balaban J connectivity index is 1.74. The molecule has 6 nitrogen and oxygen atoms in total. The van der Waals surface area contributed by atoms with E-state index in [1.165, 1.54) is 6.08 Å². The Morgan fingerprint density at radius 1 is 1.31 bits per heavy atom. The molecule has 26 heavy (non-hydrogen) atoms. The minimum atomic E-state index is -0.217. The second-order valence-electron chi connectivity index (χ2n) is 6.05. The standard InChI is InChI=1S/C20H22N4O2/c1-4-11-26-18-8-6-5-7-16(18)9-10-19(25)22-17-12-14(2)20-21-15(3)23-24(20)13-17/h5-10,12-13H,4,11H2,1-3H3,(H,22,25)/b10-9+. The van der Waals surface area contributed by atoms with Crippen LogP contribution >= 0.6 is 0 Å². The molecule has 2 heterocycles. The fraction of sp³-hybridized carbons (Fsp3) is 0.250. The van der Waals surface area contributed by atoms with Crippen LogP contribution in [0.2, 0.25) is 0 Å². The maximum Gasteiger partial charge on any atom is 0.248 e. The molecule has 134 valence electrons. The van der Waals surface area contributed by atoms with Crippen molar-refractivity contribution >= 4 is 23.3 Å². The van der Waals surface area contributed by atoms with Gasteiger partial charge in [0.05, 0.1) is 18.5 Å². The highest BCUT2D eigenvalue weighted by Crippen LogP contribution is 2.20. The third-order valence-corrected chi connectivity index (χ3v) is 3.79. The van der Waals surface area contributed by atoms with E-state index in [1.807, 2.05) is 44.2 Å². The third kappa shape index (κ3) is 4.08. The highest BCUT2D eigenvalue weighted by molar-refractivity contribution is 6.02. The van der Waals surface area contributed by atoms with Crippen LogP contribution in [0.1, 0.15) is 30.3 Å². The van der Waals surface area contributed by atoms with E-state index in [2.05, 4.69) is 22.3 Å². The van der Waals surface area contributed by atoms with Crippen molar-refractivity contribution in [2.45, 2.75) is 27.2 Å². The summed E-state index contributed by atoms with van der Waals surface area (Å²) in [4.78, 5) is 16.6. The molecule has 2 aromatic heterocycles.